The van der Waals surface area contributed by atoms with Crippen molar-refractivity contribution in [3.63, 3.8) is 0 Å². The van der Waals surface area contributed by atoms with Gasteiger partial charge in [-0.15, -0.1) is 0 Å². The Hall–Kier alpha value is -0.917. The van der Waals surface area contributed by atoms with Crippen LogP contribution in [0, 0.1) is 20.0 Å². The predicted molar refractivity (Wildman–Crippen MR) is 64.5 cm³/mol. The summed E-state index contributed by atoms with van der Waals surface area (Å²) >= 11 is 0. The van der Waals surface area contributed by atoms with Gasteiger partial charge in [-0.2, -0.15) is 0 Å². The standard InChI is InChI=1S/C14H14NO.ClH.Zn/c1-10-8-12(16-3)9-11(2)14(10)13-6-4-5-7-15-13;;/h4-6,8-9H,1-3H3;1H;/p-1. The van der Waals surface area contributed by atoms with E-state index in [-0.39, 0.29) is 31.9 Å². The SMILES string of the molecule is COc1cc(C)c(-c2ccc[c]n2)c(C)c1.[Cl-].[Zn]. The van der Waals surface area contributed by atoms with E-state index in [1.54, 1.807) is 13.2 Å². The van der Waals surface area contributed by atoms with Crippen molar-refractivity contribution in [3.05, 3.63) is 47.7 Å². The van der Waals surface area contributed by atoms with Crippen LogP contribution >= 0.6 is 0 Å². The third-order valence-electron chi connectivity index (χ3n) is 2.61. The van der Waals surface area contributed by atoms with Crippen LogP contribution in [0.5, 0.6) is 5.75 Å². The molecule has 91 valence electrons. The summed E-state index contributed by atoms with van der Waals surface area (Å²) in [6, 6.07) is 9.80. The molecular weight excluding hydrogens is 299 g/mol. The Bertz CT molecular complexity index is 479. The topological polar surface area (TPSA) is 22.1 Å². The molecule has 0 amide bonds. The van der Waals surface area contributed by atoms with Crippen molar-refractivity contribution in [2.45, 2.75) is 13.8 Å². The summed E-state index contributed by atoms with van der Waals surface area (Å²) in [6.07, 6.45) is 2.86. The van der Waals surface area contributed by atoms with E-state index in [1.807, 2.05) is 24.3 Å². The molecule has 2 rings (SSSR count). The fraction of sp³-hybridized carbons (Fsp3) is 0.214. The van der Waals surface area contributed by atoms with E-state index in [0.29, 0.717) is 0 Å². The zero-order valence-corrected chi connectivity index (χ0v) is 14.6. The van der Waals surface area contributed by atoms with Gasteiger partial charge in [0.15, 0.2) is 0 Å². The van der Waals surface area contributed by atoms with Crippen molar-refractivity contribution in [2.75, 3.05) is 7.11 Å². The van der Waals surface area contributed by atoms with Crippen LogP contribution in [0.1, 0.15) is 11.1 Å². The number of hydrogen-bond acceptors (Lipinski definition) is 2. The van der Waals surface area contributed by atoms with Gasteiger partial charge in [0.1, 0.15) is 5.75 Å². The van der Waals surface area contributed by atoms with Crippen molar-refractivity contribution in [2.24, 2.45) is 0 Å². The Morgan fingerprint density at radius 1 is 1.17 bits per heavy atom. The molecule has 18 heavy (non-hydrogen) atoms. The first-order valence-corrected chi connectivity index (χ1v) is 5.21. The van der Waals surface area contributed by atoms with Gasteiger partial charge in [0.2, 0.25) is 0 Å². The van der Waals surface area contributed by atoms with Crippen LogP contribution in [0.4, 0.5) is 0 Å². The molecule has 0 fully saturated rings. The number of aromatic nitrogens is 1. The van der Waals surface area contributed by atoms with Gasteiger partial charge < -0.3 is 17.1 Å². The zero-order valence-electron chi connectivity index (χ0n) is 10.8. The van der Waals surface area contributed by atoms with Crippen LogP contribution < -0.4 is 17.1 Å². The number of benzene rings is 1. The summed E-state index contributed by atoms with van der Waals surface area (Å²) in [7, 11) is 1.68. The molecule has 1 aromatic carbocycles. The molecular formula is C14H14ClNOZn-. The van der Waals surface area contributed by atoms with Crippen molar-refractivity contribution in [1.29, 1.82) is 0 Å². The van der Waals surface area contributed by atoms with Gasteiger partial charge in [-0.05, 0) is 49.2 Å². The summed E-state index contributed by atoms with van der Waals surface area (Å²) < 4.78 is 5.24. The van der Waals surface area contributed by atoms with Crippen molar-refractivity contribution in [1.82, 2.24) is 4.98 Å². The second-order valence-electron chi connectivity index (χ2n) is 3.79. The molecule has 0 saturated heterocycles. The molecule has 0 saturated carbocycles. The molecule has 0 bridgehead atoms. The minimum absolute atomic E-state index is 0. The number of pyridine rings is 1. The van der Waals surface area contributed by atoms with E-state index >= 15 is 0 Å². The second kappa shape index (κ2) is 7.50. The molecule has 1 aromatic heterocycles. The molecule has 0 aliphatic carbocycles. The van der Waals surface area contributed by atoms with E-state index in [1.165, 1.54) is 11.1 Å². The molecule has 2 nitrogen and oxygen atoms in total. The van der Waals surface area contributed by atoms with Crippen molar-refractivity contribution in [3.8, 4) is 17.0 Å². The average molecular weight is 313 g/mol. The minimum atomic E-state index is 0. The number of methoxy groups -OCH3 is 1. The summed E-state index contributed by atoms with van der Waals surface area (Å²) in [5, 5.41) is 0. The molecule has 2 aromatic rings. The van der Waals surface area contributed by atoms with Gasteiger partial charge in [-0.1, -0.05) is 6.07 Å². The fourth-order valence-corrected chi connectivity index (χ4v) is 1.91. The normalized spacial score (nSPS) is 9.06. The first-order valence-electron chi connectivity index (χ1n) is 5.21. The average Bonchev–Trinajstić information content (AvgIpc) is 2.29. The van der Waals surface area contributed by atoms with Gasteiger partial charge in [0.05, 0.1) is 19.0 Å². The number of nitrogens with zero attached hydrogens (tertiary/aromatic N) is 1. The van der Waals surface area contributed by atoms with Crippen LogP contribution in [0.3, 0.4) is 0 Å². The van der Waals surface area contributed by atoms with Gasteiger partial charge in [0.25, 0.3) is 0 Å². The van der Waals surface area contributed by atoms with Gasteiger partial charge in [-0.25, -0.2) is 4.98 Å². The smallest absolute Gasteiger partial charge is 0.119 e. The van der Waals surface area contributed by atoms with Crippen LogP contribution in [-0.4, -0.2) is 12.1 Å². The molecule has 0 N–H and O–H groups in total. The predicted octanol–water partition coefficient (Wildman–Crippen LogP) is 0.176. The summed E-state index contributed by atoms with van der Waals surface area (Å²) in [5.74, 6) is 0.888. The molecule has 4 heteroatoms. The molecule has 0 atom stereocenters. The maximum absolute atomic E-state index is 5.24. The number of aryl methyl sites for hydroxylation is 2. The van der Waals surface area contributed by atoms with Crippen LogP contribution in [0.15, 0.2) is 30.3 Å². The van der Waals surface area contributed by atoms with E-state index in [9.17, 15) is 0 Å². The molecule has 1 heterocycles. The van der Waals surface area contributed by atoms with Gasteiger partial charge in [0, 0.05) is 25.0 Å². The van der Waals surface area contributed by atoms with Gasteiger partial charge >= 0.3 is 0 Å². The van der Waals surface area contributed by atoms with Crippen molar-refractivity contribution < 1.29 is 36.6 Å². The maximum Gasteiger partial charge on any atom is 0.119 e. The Kier molecular flexibility index (Phi) is 7.12. The van der Waals surface area contributed by atoms with Crippen LogP contribution in [-0.2, 0) is 19.5 Å². The molecule has 1 radical (unpaired) electrons. The molecule has 0 spiro atoms. The Morgan fingerprint density at radius 3 is 2.22 bits per heavy atom. The Labute approximate surface area is 127 Å². The number of halogens is 1. The van der Waals surface area contributed by atoms with E-state index < -0.39 is 0 Å². The summed E-state index contributed by atoms with van der Waals surface area (Å²) in [5.41, 5.74) is 4.46. The molecule has 0 aliphatic heterocycles. The van der Waals surface area contributed by atoms with Gasteiger partial charge in [-0.3, -0.25) is 0 Å². The minimum Gasteiger partial charge on any atom is -1.00 e. The number of ether oxygens (including phenoxy) is 1. The maximum atomic E-state index is 5.24. The van der Waals surface area contributed by atoms with Crippen LogP contribution in [0.2, 0.25) is 0 Å². The quantitative estimate of drug-likeness (QED) is 0.738. The monoisotopic (exact) mass is 311 g/mol. The fourth-order valence-electron chi connectivity index (χ4n) is 1.91. The van der Waals surface area contributed by atoms with Crippen molar-refractivity contribution >= 4 is 0 Å². The number of hydrogen-bond donors (Lipinski definition) is 0. The zero-order chi connectivity index (χ0) is 11.5. The van der Waals surface area contributed by atoms with Crippen LogP contribution in [0.25, 0.3) is 11.3 Å². The van der Waals surface area contributed by atoms with E-state index in [2.05, 4.69) is 25.0 Å². The molecule has 0 unspecified atom stereocenters. The summed E-state index contributed by atoms with van der Waals surface area (Å²) in [4.78, 5) is 4.26. The third-order valence-corrected chi connectivity index (χ3v) is 2.61. The first kappa shape index (κ1) is 17.1. The Balaban J connectivity index is 0.00000144. The number of rotatable bonds is 2. The summed E-state index contributed by atoms with van der Waals surface area (Å²) in [6.45, 7) is 4.14. The third kappa shape index (κ3) is 3.54. The molecule has 0 aliphatic rings. The second-order valence-corrected chi connectivity index (χ2v) is 3.79. The Morgan fingerprint density at radius 2 is 1.78 bits per heavy atom. The first-order chi connectivity index (χ1) is 7.72. The largest absolute Gasteiger partial charge is 1.00 e. The van der Waals surface area contributed by atoms with E-state index in [0.717, 1.165) is 17.0 Å². The van der Waals surface area contributed by atoms with E-state index in [4.69, 9.17) is 4.74 Å².